The average molecular weight is 358 g/mol. The smallest absolute Gasteiger partial charge is 0.128 e. The largest absolute Gasteiger partial charge is 0.296 e. The van der Waals surface area contributed by atoms with Gasteiger partial charge in [0, 0.05) is 48.8 Å². The highest BCUT2D eigenvalue weighted by Gasteiger charge is 2.39. The average Bonchev–Trinajstić information content (AvgIpc) is 3.10. The van der Waals surface area contributed by atoms with Crippen molar-refractivity contribution in [2.75, 3.05) is 13.1 Å². The SMILES string of the molecule is CCn1ccc(-c2ccc(CN3CCC(C)(CC#N)C(F)C3)c(F)c2)n1. The standard InChI is InChI=1S/C20H24F2N4/c1-3-26-10-6-18(24-26)15-4-5-16(17(21)12-15)13-25-11-8-20(2,7-9-23)19(22)14-25/h4-6,10,12,19H,3,7-8,11,13-14H2,1-2H3. The highest BCUT2D eigenvalue weighted by Crippen LogP contribution is 2.37. The van der Waals surface area contributed by atoms with Crippen molar-refractivity contribution in [3.05, 3.63) is 41.8 Å². The summed E-state index contributed by atoms with van der Waals surface area (Å²) in [6.07, 6.45) is 1.62. The number of nitriles is 1. The van der Waals surface area contributed by atoms with Crippen molar-refractivity contribution in [3.8, 4) is 17.3 Å². The van der Waals surface area contributed by atoms with Crippen molar-refractivity contribution in [1.82, 2.24) is 14.7 Å². The molecule has 0 bridgehead atoms. The van der Waals surface area contributed by atoms with E-state index in [9.17, 15) is 8.78 Å². The number of hydrogen-bond donors (Lipinski definition) is 0. The molecule has 0 spiro atoms. The summed E-state index contributed by atoms with van der Waals surface area (Å²) in [6.45, 7) is 5.87. The Morgan fingerprint density at radius 3 is 2.81 bits per heavy atom. The first-order valence-electron chi connectivity index (χ1n) is 9.01. The fourth-order valence-electron chi connectivity index (χ4n) is 3.40. The Labute approximate surface area is 153 Å². The lowest BCUT2D eigenvalue weighted by Crippen LogP contribution is -2.47. The van der Waals surface area contributed by atoms with Crippen molar-refractivity contribution in [2.45, 2.75) is 46.0 Å². The topological polar surface area (TPSA) is 44.9 Å². The Morgan fingerprint density at radius 2 is 2.19 bits per heavy atom. The molecule has 2 heterocycles. The van der Waals surface area contributed by atoms with E-state index in [-0.39, 0.29) is 18.8 Å². The van der Waals surface area contributed by atoms with Gasteiger partial charge in [-0.3, -0.25) is 9.58 Å². The third-order valence-electron chi connectivity index (χ3n) is 5.36. The zero-order valence-corrected chi connectivity index (χ0v) is 15.3. The predicted octanol–water partition coefficient (Wildman–Crippen LogP) is 4.17. The number of aryl methyl sites for hydroxylation is 1. The minimum atomic E-state index is -1.07. The van der Waals surface area contributed by atoms with Crippen molar-refractivity contribution in [1.29, 1.82) is 5.26 Å². The summed E-state index contributed by atoms with van der Waals surface area (Å²) < 4.78 is 30.8. The Balaban J connectivity index is 1.68. The van der Waals surface area contributed by atoms with Crippen molar-refractivity contribution >= 4 is 0 Å². The molecule has 0 amide bonds. The van der Waals surface area contributed by atoms with Crippen LogP contribution in [-0.4, -0.2) is 33.9 Å². The molecule has 1 aromatic carbocycles. The normalized spacial score (nSPS) is 23.7. The zero-order valence-electron chi connectivity index (χ0n) is 15.3. The van der Waals surface area contributed by atoms with E-state index in [0.717, 1.165) is 17.8 Å². The van der Waals surface area contributed by atoms with E-state index >= 15 is 0 Å². The fourth-order valence-corrected chi connectivity index (χ4v) is 3.40. The summed E-state index contributed by atoms with van der Waals surface area (Å²) >= 11 is 0. The highest BCUT2D eigenvalue weighted by atomic mass is 19.1. The third-order valence-corrected chi connectivity index (χ3v) is 5.36. The summed E-state index contributed by atoms with van der Waals surface area (Å²) in [7, 11) is 0. The van der Waals surface area contributed by atoms with E-state index in [1.807, 2.05) is 37.1 Å². The quantitative estimate of drug-likeness (QED) is 0.806. The molecule has 1 aliphatic rings. The lowest BCUT2D eigenvalue weighted by Gasteiger charge is -2.41. The Bertz CT molecular complexity index is 810. The lowest BCUT2D eigenvalue weighted by atomic mass is 9.76. The molecule has 1 saturated heterocycles. The van der Waals surface area contributed by atoms with Gasteiger partial charge in [0.25, 0.3) is 0 Å². The predicted molar refractivity (Wildman–Crippen MR) is 96.4 cm³/mol. The molecular formula is C20H24F2N4. The van der Waals surface area contributed by atoms with Gasteiger partial charge in [-0.15, -0.1) is 0 Å². The van der Waals surface area contributed by atoms with Crippen LogP contribution in [0.2, 0.25) is 0 Å². The minimum Gasteiger partial charge on any atom is -0.296 e. The molecule has 6 heteroatoms. The van der Waals surface area contributed by atoms with Gasteiger partial charge in [-0.05, 0) is 32.0 Å². The van der Waals surface area contributed by atoms with E-state index in [2.05, 4.69) is 11.2 Å². The summed E-state index contributed by atoms with van der Waals surface area (Å²) in [5.41, 5.74) is 1.44. The summed E-state index contributed by atoms with van der Waals surface area (Å²) in [6, 6.07) is 9.06. The summed E-state index contributed by atoms with van der Waals surface area (Å²) in [5, 5.41) is 13.3. The lowest BCUT2D eigenvalue weighted by molar-refractivity contribution is 0.0182. The molecule has 0 radical (unpaired) electrons. The molecule has 4 nitrogen and oxygen atoms in total. The summed E-state index contributed by atoms with van der Waals surface area (Å²) in [4.78, 5) is 1.92. The van der Waals surface area contributed by atoms with E-state index in [1.54, 1.807) is 10.7 Å². The van der Waals surface area contributed by atoms with Gasteiger partial charge in [0.1, 0.15) is 12.0 Å². The van der Waals surface area contributed by atoms with Crippen LogP contribution in [-0.2, 0) is 13.1 Å². The van der Waals surface area contributed by atoms with E-state index in [0.29, 0.717) is 25.1 Å². The van der Waals surface area contributed by atoms with Gasteiger partial charge >= 0.3 is 0 Å². The number of likely N-dealkylation sites (tertiary alicyclic amines) is 1. The number of halogens is 2. The van der Waals surface area contributed by atoms with E-state index in [4.69, 9.17) is 5.26 Å². The number of alkyl halides is 1. The van der Waals surface area contributed by atoms with Gasteiger partial charge in [0.05, 0.1) is 11.8 Å². The van der Waals surface area contributed by atoms with Gasteiger partial charge in [-0.25, -0.2) is 8.78 Å². The third kappa shape index (κ3) is 3.78. The van der Waals surface area contributed by atoms with Crippen LogP contribution >= 0.6 is 0 Å². The maximum atomic E-state index is 14.6. The molecule has 2 unspecified atom stereocenters. The van der Waals surface area contributed by atoms with Gasteiger partial charge in [-0.1, -0.05) is 19.1 Å². The molecule has 26 heavy (non-hydrogen) atoms. The van der Waals surface area contributed by atoms with Gasteiger partial charge in [0.2, 0.25) is 0 Å². The molecule has 0 saturated carbocycles. The highest BCUT2D eigenvalue weighted by molar-refractivity contribution is 5.59. The van der Waals surface area contributed by atoms with Crippen molar-refractivity contribution in [2.24, 2.45) is 5.41 Å². The molecular weight excluding hydrogens is 334 g/mol. The molecule has 1 aromatic heterocycles. The Hall–Kier alpha value is -2.26. The second kappa shape index (κ2) is 7.55. The molecule has 3 rings (SSSR count). The minimum absolute atomic E-state index is 0.218. The molecule has 1 aliphatic heterocycles. The Morgan fingerprint density at radius 1 is 1.38 bits per heavy atom. The number of hydrogen-bond acceptors (Lipinski definition) is 3. The molecule has 2 aromatic rings. The zero-order chi connectivity index (χ0) is 18.7. The van der Waals surface area contributed by atoms with Gasteiger partial charge in [0.15, 0.2) is 0 Å². The number of benzene rings is 1. The Kier molecular flexibility index (Phi) is 5.38. The van der Waals surface area contributed by atoms with Crippen LogP contribution in [0.25, 0.3) is 11.3 Å². The van der Waals surface area contributed by atoms with E-state index in [1.165, 1.54) is 6.07 Å². The second-order valence-corrected chi connectivity index (χ2v) is 7.30. The number of aromatic nitrogens is 2. The van der Waals surface area contributed by atoms with Crippen LogP contribution < -0.4 is 0 Å². The monoisotopic (exact) mass is 358 g/mol. The maximum Gasteiger partial charge on any atom is 0.128 e. The number of nitrogens with zero attached hydrogens (tertiary/aromatic N) is 4. The number of rotatable bonds is 5. The maximum absolute atomic E-state index is 14.6. The van der Waals surface area contributed by atoms with Crippen molar-refractivity contribution < 1.29 is 8.78 Å². The molecule has 0 aliphatic carbocycles. The van der Waals surface area contributed by atoms with Crippen LogP contribution in [0, 0.1) is 22.6 Å². The molecule has 138 valence electrons. The fraction of sp³-hybridized carbons (Fsp3) is 0.500. The number of piperidine rings is 1. The van der Waals surface area contributed by atoms with Crippen LogP contribution in [0.5, 0.6) is 0 Å². The van der Waals surface area contributed by atoms with Crippen LogP contribution in [0.15, 0.2) is 30.5 Å². The molecule has 0 N–H and O–H groups in total. The molecule has 1 fully saturated rings. The van der Waals surface area contributed by atoms with Crippen LogP contribution in [0.3, 0.4) is 0 Å². The summed E-state index contributed by atoms with van der Waals surface area (Å²) in [5.74, 6) is -0.297. The van der Waals surface area contributed by atoms with Gasteiger partial charge < -0.3 is 0 Å². The first-order chi connectivity index (χ1) is 12.4. The van der Waals surface area contributed by atoms with Crippen molar-refractivity contribution in [3.63, 3.8) is 0 Å². The van der Waals surface area contributed by atoms with Crippen LogP contribution in [0.1, 0.15) is 32.3 Å². The first kappa shape index (κ1) is 18.5. The second-order valence-electron chi connectivity index (χ2n) is 7.30. The molecule has 2 atom stereocenters. The van der Waals surface area contributed by atoms with E-state index < -0.39 is 11.6 Å². The van der Waals surface area contributed by atoms with Gasteiger partial charge in [-0.2, -0.15) is 10.4 Å². The first-order valence-corrected chi connectivity index (χ1v) is 9.01. The van der Waals surface area contributed by atoms with Crippen LogP contribution in [0.4, 0.5) is 8.78 Å².